The van der Waals surface area contributed by atoms with Gasteiger partial charge in [-0.25, -0.2) is 0 Å². The maximum atomic E-state index is 10.4. The molecule has 0 saturated heterocycles. The third-order valence-electron chi connectivity index (χ3n) is 3.80. The van der Waals surface area contributed by atoms with Crippen LogP contribution in [0.25, 0.3) is 0 Å². The quantitative estimate of drug-likeness (QED) is 0.674. The van der Waals surface area contributed by atoms with Crippen molar-refractivity contribution in [3.63, 3.8) is 0 Å². The summed E-state index contributed by atoms with van der Waals surface area (Å²) in [5.74, 6) is 0.173. The lowest BCUT2D eigenvalue weighted by molar-refractivity contribution is -0.0245. The molecule has 3 atom stereocenters. The lowest BCUT2D eigenvalue weighted by Gasteiger charge is -2.33. The molecule has 0 unspecified atom stereocenters. The van der Waals surface area contributed by atoms with Gasteiger partial charge in [-0.2, -0.15) is 0 Å². The Labute approximate surface area is 110 Å². The number of rotatable bonds is 4. The van der Waals surface area contributed by atoms with E-state index in [-0.39, 0.29) is 5.92 Å². The molecular formula is C15H26O3. The number of allylic oxidation sites excluding steroid dienone is 2. The lowest BCUT2D eigenvalue weighted by atomic mass is 9.78. The highest BCUT2D eigenvalue weighted by molar-refractivity contribution is 5.12. The zero-order valence-electron chi connectivity index (χ0n) is 11.8. The van der Waals surface area contributed by atoms with Crippen molar-refractivity contribution < 1.29 is 15.3 Å². The van der Waals surface area contributed by atoms with Gasteiger partial charge in [0.25, 0.3) is 0 Å². The van der Waals surface area contributed by atoms with E-state index in [2.05, 4.69) is 13.0 Å². The van der Waals surface area contributed by atoms with Crippen LogP contribution in [-0.4, -0.2) is 32.6 Å². The van der Waals surface area contributed by atoms with Gasteiger partial charge < -0.3 is 15.3 Å². The van der Waals surface area contributed by atoms with Crippen LogP contribution in [0.1, 0.15) is 47.0 Å². The van der Waals surface area contributed by atoms with Crippen molar-refractivity contribution in [2.75, 3.05) is 0 Å². The lowest BCUT2D eigenvalue weighted by Crippen LogP contribution is -2.37. The first kappa shape index (κ1) is 15.4. The number of hydrogen-bond donors (Lipinski definition) is 3. The molecule has 3 N–H and O–H groups in total. The fourth-order valence-corrected chi connectivity index (χ4v) is 2.15. The van der Waals surface area contributed by atoms with Crippen molar-refractivity contribution >= 4 is 0 Å². The van der Waals surface area contributed by atoms with Crippen LogP contribution in [0.2, 0.25) is 0 Å². The number of aliphatic hydroxyl groups excluding tert-OH is 1. The van der Waals surface area contributed by atoms with Gasteiger partial charge in [0.15, 0.2) is 0 Å². The summed E-state index contributed by atoms with van der Waals surface area (Å²) in [5, 5.41) is 29.8. The summed E-state index contributed by atoms with van der Waals surface area (Å²) >= 11 is 0. The Bertz CT molecular complexity index is 334. The van der Waals surface area contributed by atoms with Gasteiger partial charge >= 0.3 is 0 Å². The third-order valence-corrected chi connectivity index (χ3v) is 3.80. The molecule has 0 aliphatic heterocycles. The molecule has 1 rings (SSSR count). The van der Waals surface area contributed by atoms with E-state index < -0.39 is 17.3 Å². The second-order valence-corrected chi connectivity index (χ2v) is 6.21. The van der Waals surface area contributed by atoms with E-state index in [1.54, 1.807) is 26.8 Å². The molecule has 0 aromatic carbocycles. The van der Waals surface area contributed by atoms with Gasteiger partial charge in [-0.3, -0.25) is 0 Å². The molecule has 0 saturated carbocycles. The van der Waals surface area contributed by atoms with Crippen LogP contribution in [0, 0.1) is 5.92 Å². The highest BCUT2D eigenvalue weighted by atomic mass is 16.3. The summed E-state index contributed by atoms with van der Waals surface area (Å²) in [7, 11) is 0. The minimum absolute atomic E-state index is 0.173. The first-order valence-electron chi connectivity index (χ1n) is 6.61. The maximum Gasteiger partial charge on any atom is 0.100 e. The van der Waals surface area contributed by atoms with Gasteiger partial charge in [0.1, 0.15) is 6.10 Å². The predicted molar refractivity (Wildman–Crippen MR) is 73.2 cm³/mol. The standard InChI is InChI=1S/C15H26O3/c1-11-5-7-12(8-6-11)15(4,18)10-9-13(16)14(2,3)17/h5,9-10,12-13,16-18H,6-8H2,1-4H3/b10-9+/t12-,13-,15-/m1/s1. The smallest absolute Gasteiger partial charge is 0.100 e. The van der Waals surface area contributed by atoms with Crippen molar-refractivity contribution in [2.24, 2.45) is 5.92 Å². The van der Waals surface area contributed by atoms with Gasteiger partial charge in [-0.15, -0.1) is 0 Å². The summed E-state index contributed by atoms with van der Waals surface area (Å²) in [6.07, 6.45) is 7.15. The van der Waals surface area contributed by atoms with E-state index in [4.69, 9.17) is 0 Å². The van der Waals surface area contributed by atoms with Crippen LogP contribution in [0.4, 0.5) is 0 Å². The summed E-state index contributed by atoms with van der Waals surface area (Å²) < 4.78 is 0. The Morgan fingerprint density at radius 1 is 1.33 bits per heavy atom. The Hall–Kier alpha value is -0.640. The highest BCUT2D eigenvalue weighted by Gasteiger charge is 2.31. The largest absolute Gasteiger partial charge is 0.387 e. The van der Waals surface area contributed by atoms with Crippen LogP contribution < -0.4 is 0 Å². The Kier molecular flexibility index (Phi) is 4.76. The van der Waals surface area contributed by atoms with Crippen molar-refractivity contribution in [1.29, 1.82) is 0 Å². The van der Waals surface area contributed by atoms with Gasteiger partial charge in [-0.1, -0.05) is 23.8 Å². The molecule has 0 amide bonds. The van der Waals surface area contributed by atoms with E-state index >= 15 is 0 Å². The summed E-state index contributed by atoms with van der Waals surface area (Å²) in [5.41, 5.74) is -0.749. The van der Waals surface area contributed by atoms with E-state index in [1.807, 2.05) is 0 Å². The van der Waals surface area contributed by atoms with E-state index in [9.17, 15) is 15.3 Å². The normalized spacial score (nSPS) is 26.8. The van der Waals surface area contributed by atoms with Gasteiger partial charge in [0.2, 0.25) is 0 Å². The fourth-order valence-electron chi connectivity index (χ4n) is 2.15. The zero-order chi connectivity index (χ0) is 14.0. The molecule has 3 heteroatoms. The first-order chi connectivity index (χ1) is 8.13. The van der Waals surface area contributed by atoms with Gasteiger partial charge in [0, 0.05) is 0 Å². The second-order valence-electron chi connectivity index (χ2n) is 6.21. The van der Waals surface area contributed by atoms with Gasteiger partial charge in [-0.05, 0) is 52.9 Å². The molecule has 3 nitrogen and oxygen atoms in total. The summed E-state index contributed by atoms with van der Waals surface area (Å²) in [4.78, 5) is 0. The van der Waals surface area contributed by atoms with Crippen molar-refractivity contribution in [3.05, 3.63) is 23.8 Å². The summed E-state index contributed by atoms with van der Waals surface area (Å²) in [6.45, 7) is 6.96. The van der Waals surface area contributed by atoms with Crippen molar-refractivity contribution in [1.82, 2.24) is 0 Å². The van der Waals surface area contributed by atoms with E-state index in [0.29, 0.717) is 0 Å². The van der Waals surface area contributed by atoms with Crippen molar-refractivity contribution in [3.8, 4) is 0 Å². The van der Waals surface area contributed by atoms with Crippen LogP contribution in [0.5, 0.6) is 0 Å². The molecule has 0 fully saturated rings. The zero-order valence-corrected chi connectivity index (χ0v) is 11.8. The van der Waals surface area contributed by atoms with E-state index in [0.717, 1.165) is 19.3 Å². The topological polar surface area (TPSA) is 60.7 Å². The maximum absolute atomic E-state index is 10.4. The minimum Gasteiger partial charge on any atom is -0.387 e. The summed E-state index contributed by atoms with van der Waals surface area (Å²) in [6, 6.07) is 0. The molecule has 0 bridgehead atoms. The molecule has 18 heavy (non-hydrogen) atoms. The van der Waals surface area contributed by atoms with Crippen LogP contribution in [0.3, 0.4) is 0 Å². The SMILES string of the molecule is CC1=CC[C@@H]([C@](C)(O)/C=C/[C@@H](O)C(C)(C)O)CC1. The molecule has 1 aliphatic carbocycles. The average molecular weight is 254 g/mol. The number of aliphatic hydroxyl groups is 3. The monoisotopic (exact) mass is 254 g/mol. The highest BCUT2D eigenvalue weighted by Crippen LogP contribution is 2.33. The fraction of sp³-hybridized carbons (Fsp3) is 0.733. The number of hydrogen-bond acceptors (Lipinski definition) is 3. The molecule has 104 valence electrons. The average Bonchev–Trinajstić information content (AvgIpc) is 2.25. The predicted octanol–water partition coefficient (Wildman–Crippen LogP) is 2.17. The molecule has 0 radical (unpaired) electrons. The van der Waals surface area contributed by atoms with E-state index in [1.165, 1.54) is 11.6 Å². The van der Waals surface area contributed by atoms with Crippen LogP contribution in [0.15, 0.2) is 23.8 Å². The van der Waals surface area contributed by atoms with Crippen LogP contribution in [-0.2, 0) is 0 Å². The minimum atomic E-state index is -1.18. The Balaban J connectivity index is 2.67. The molecule has 0 aromatic heterocycles. The second kappa shape index (κ2) is 5.55. The molecule has 0 heterocycles. The molecule has 1 aliphatic rings. The third kappa shape index (κ3) is 4.23. The molecule has 0 spiro atoms. The van der Waals surface area contributed by atoms with Crippen molar-refractivity contribution in [2.45, 2.75) is 64.3 Å². The molecular weight excluding hydrogens is 228 g/mol. The van der Waals surface area contributed by atoms with Gasteiger partial charge in [0.05, 0.1) is 11.2 Å². The Morgan fingerprint density at radius 2 is 1.94 bits per heavy atom. The molecule has 0 aromatic rings. The first-order valence-corrected chi connectivity index (χ1v) is 6.61. The van der Waals surface area contributed by atoms with Crippen LogP contribution >= 0.6 is 0 Å². The Morgan fingerprint density at radius 3 is 2.39 bits per heavy atom.